The van der Waals surface area contributed by atoms with Crippen molar-refractivity contribution in [3.8, 4) is 0 Å². The van der Waals surface area contributed by atoms with E-state index < -0.39 is 5.91 Å². The molecule has 138 valence electrons. The first-order chi connectivity index (χ1) is 11.3. The van der Waals surface area contributed by atoms with Gasteiger partial charge in [0, 0.05) is 26.1 Å². The summed E-state index contributed by atoms with van der Waals surface area (Å²) in [4.78, 5) is 47.1. The maximum atomic E-state index is 11.9. The molecule has 0 aliphatic heterocycles. The molecule has 1 atom stereocenters. The first kappa shape index (κ1) is 22.2. The smallest absolute Gasteiger partial charge is 0.230 e. The van der Waals surface area contributed by atoms with Crippen LogP contribution in [-0.2, 0) is 19.2 Å². The maximum Gasteiger partial charge on any atom is 0.230 e. The lowest BCUT2D eigenvalue weighted by molar-refractivity contribution is -0.136. The van der Waals surface area contributed by atoms with Crippen LogP contribution in [0.1, 0.15) is 39.5 Å². The first-order valence-corrected chi connectivity index (χ1v) is 8.07. The summed E-state index contributed by atoms with van der Waals surface area (Å²) in [6.45, 7) is 3.31. The van der Waals surface area contributed by atoms with Crippen LogP contribution in [-0.4, -0.2) is 71.3 Å². The average molecular weight is 344 g/mol. The number of nitrogens with one attached hydrogen (secondary N) is 1. The van der Waals surface area contributed by atoms with Crippen LogP contribution < -0.4 is 5.32 Å². The van der Waals surface area contributed by atoms with Crippen LogP contribution in [0.25, 0.3) is 0 Å². The second-order valence-corrected chi connectivity index (χ2v) is 5.87. The predicted molar refractivity (Wildman–Crippen MR) is 87.1 cm³/mol. The minimum Gasteiger partial charge on any atom is -0.395 e. The van der Waals surface area contributed by atoms with Gasteiger partial charge in [-0.3, -0.25) is 19.2 Å². The fourth-order valence-electron chi connectivity index (χ4n) is 2.06. The van der Waals surface area contributed by atoms with E-state index in [0.717, 1.165) is 0 Å². The van der Waals surface area contributed by atoms with Gasteiger partial charge in [0.1, 0.15) is 11.6 Å². The minimum absolute atomic E-state index is 0.0472. The standard InChI is InChI=1S/C16H28N2O6/c1-12(11-17-15(23)9-13(2)21)3-4-14(22)10-16(24)18(5-7-19)6-8-20/h12,19-20H,3-11H2,1-2H3,(H,17,23). The molecular weight excluding hydrogens is 316 g/mol. The molecule has 0 radical (unpaired) electrons. The van der Waals surface area contributed by atoms with Gasteiger partial charge in [-0.25, -0.2) is 0 Å². The van der Waals surface area contributed by atoms with Gasteiger partial charge < -0.3 is 20.4 Å². The third-order valence-corrected chi connectivity index (χ3v) is 3.41. The Morgan fingerprint density at radius 1 is 1.04 bits per heavy atom. The van der Waals surface area contributed by atoms with Crippen LogP contribution in [0.3, 0.4) is 0 Å². The van der Waals surface area contributed by atoms with Crippen LogP contribution >= 0.6 is 0 Å². The van der Waals surface area contributed by atoms with Gasteiger partial charge in [-0.1, -0.05) is 6.92 Å². The highest BCUT2D eigenvalue weighted by Gasteiger charge is 2.17. The summed E-state index contributed by atoms with van der Waals surface area (Å²) in [5.74, 6) is -1.12. The van der Waals surface area contributed by atoms with Gasteiger partial charge >= 0.3 is 0 Å². The monoisotopic (exact) mass is 344 g/mol. The van der Waals surface area contributed by atoms with Crippen LogP contribution in [0.4, 0.5) is 0 Å². The van der Waals surface area contributed by atoms with E-state index in [1.807, 2.05) is 6.92 Å². The van der Waals surface area contributed by atoms with Gasteiger partial charge in [-0.15, -0.1) is 0 Å². The van der Waals surface area contributed by atoms with Gasteiger partial charge in [0.05, 0.1) is 26.1 Å². The molecule has 8 nitrogen and oxygen atoms in total. The Morgan fingerprint density at radius 3 is 2.12 bits per heavy atom. The number of nitrogens with zero attached hydrogens (tertiary/aromatic N) is 1. The van der Waals surface area contributed by atoms with Crippen LogP contribution in [0.15, 0.2) is 0 Å². The normalized spacial score (nSPS) is 11.7. The number of carbonyl (C=O) groups is 4. The number of amides is 2. The average Bonchev–Trinajstić information content (AvgIpc) is 2.50. The third kappa shape index (κ3) is 10.8. The SMILES string of the molecule is CC(=O)CC(=O)NCC(C)CCC(=O)CC(=O)N(CCO)CCO. The van der Waals surface area contributed by atoms with Crippen LogP contribution in [0.2, 0.25) is 0 Å². The molecule has 0 aromatic carbocycles. The highest BCUT2D eigenvalue weighted by atomic mass is 16.3. The molecule has 1 unspecified atom stereocenters. The van der Waals surface area contributed by atoms with Gasteiger partial charge in [0.25, 0.3) is 0 Å². The molecule has 0 bridgehead atoms. The number of hydrogen-bond acceptors (Lipinski definition) is 6. The Balaban J connectivity index is 4.08. The lowest BCUT2D eigenvalue weighted by Crippen LogP contribution is -2.37. The second kappa shape index (κ2) is 12.6. The molecule has 0 fully saturated rings. The highest BCUT2D eigenvalue weighted by molar-refractivity contribution is 5.98. The van der Waals surface area contributed by atoms with Gasteiger partial charge in [-0.05, 0) is 19.3 Å². The first-order valence-electron chi connectivity index (χ1n) is 8.07. The van der Waals surface area contributed by atoms with E-state index in [0.29, 0.717) is 13.0 Å². The van der Waals surface area contributed by atoms with Crippen molar-refractivity contribution < 1.29 is 29.4 Å². The molecule has 0 saturated heterocycles. The fourth-order valence-corrected chi connectivity index (χ4v) is 2.06. The second-order valence-electron chi connectivity index (χ2n) is 5.87. The van der Waals surface area contributed by atoms with Crippen molar-refractivity contribution in [3.05, 3.63) is 0 Å². The molecule has 0 saturated carbocycles. The number of aliphatic hydroxyl groups excluding tert-OH is 2. The summed E-state index contributed by atoms with van der Waals surface area (Å²) in [6.07, 6.45) is 0.323. The zero-order valence-electron chi connectivity index (χ0n) is 14.4. The highest BCUT2D eigenvalue weighted by Crippen LogP contribution is 2.07. The molecule has 2 amide bonds. The Labute approximate surface area is 142 Å². The topological polar surface area (TPSA) is 124 Å². The van der Waals surface area contributed by atoms with E-state index in [2.05, 4.69) is 5.32 Å². The summed E-state index contributed by atoms with van der Waals surface area (Å²) in [5.41, 5.74) is 0. The van der Waals surface area contributed by atoms with Crippen LogP contribution in [0, 0.1) is 5.92 Å². The van der Waals surface area contributed by atoms with E-state index in [4.69, 9.17) is 10.2 Å². The lowest BCUT2D eigenvalue weighted by Gasteiger charge is -2.20. The molecule has 0 spiro atoms. The quantitative estimate of drug-likeness (QED) is 0.378. The third-order valence-electron chi connectivity index (χ3n) is 3.41. The van der Waals surface area contributed by atoms with Gasteiger partial charge in [-0.2, -0.15) is 0 Å². The molecule has 0 aromatic heterocycles. The number of hydrogen-bond donors (Lipinski definition) is 3. The summed E-state index contributed by atoms with van der Waals surface area (Å²) in [5, 5.41) is 20.4. The molecule has 3 N–H and O–H groups in total. The van der Waals surface area contributed by atoms with Crippen molar-refractivity contribution >= 4 is 23.4 Å². The number of rotatable bonds is 13. The van der Waals surface area contributed by atoms with Gasteiger partial charge in [0.2, 0.25) is 11.8 Å². The minimum atomic E-state index is -0.412. The molecule has 0 aliphatic rings. The van der Waals surface area contributed by atoms with Crippen molar-refractivity contribution in [1.29, 1.82) is 0 Å². The summed E-state index contributed by atoms with van der Waals surface area (Å²) >= 11 is 0. The number of carbonyl (C=O) groups excluding carboxylic acids is 4. The molecule has 8 heteroatoms. The van der Waals surface area contributed by atoms with E-state index >= 15 is 0 Å². The predicted octanol–water partition coefficient (Wildman–Crippen LogP) is -0.730. The fraction of sp³-hybridized carbons (Fsp3) is 0.750. The number of Topliss-reactive ketones (excluding diaryl/α,β-unsaturated/α-hetero) is 2. The van der Waals surface area contributed by atoms with Crippen molar-refractivity contribution in [2.24, 2.45) is 5.92 Å². The zero-order chi connectivity index (χ0) is 18.5. The van der Waals surface area contributed by atoms with E-state index in [-0.39, 0.29) is 69.0 Å². The number of ketones is 2. The Morgan fingerprint density at radius 2 is 1.62 bits per heavy atom. The Kier molecular flexibility index (Phi) is 11.7. The van der Waals surface area contributed by atoms with Crippen molar-refractivity contribution in [1.82, 2.24) is 10.2 Å². The molecule has 24 heavy (non-hydrogen) atoms. The van der Waals surface area contributed by atoms with Crippen molar-refractivity contribution in [2.45, 2.75) is 39.5 Å². The van der Waals surface area contributed by atoms with E-state index in [9.17, 15) is 19.2 Å². The summed E-state index contributed by atoms with van der Waals surface area (Å²) < 4.78 is 0. The van der Waals surface area contributed by atoms with Gasteiger partial charge in [0.15, 0.2) is 0 Å². The van der Waals surface area contributed by atoms with E-state index in [1.165, 1.54) is 11.8 Å². The molecule has 0 aliphatic carbocycles. The van der Waals surface area contributed by atoms with E-state index in [1.54, 1.807) is 0 Å². The molecule has 0 heterocycles. The van der Waals surface area contributed by atoms with Crippen molar-refractivity contribution in [3.63, 3.8) is 0 Å². The lowest BCUT2D eigenvalue weighted by atomic mass is 10.0. The zero-order valence-corrected chi connectivity index (χ0v) is 14.4. The summed E-state index contributed by atoms with van der Waals surface area (Å²) in [7, 11) is 0. The largest absolute Gasteiger partial charge is 0.395 e. The number of aliphatic hydroxyl groups is 2. The molecule has 0 aromatic rings. The molecular formula is C16H28N2O6. The Hall–Kier alpha value is -1.80. The summed E-state index contributed by atoms with van der Waals surface area (Å²) in [6, 6.07) is 0. The maximum absolute atomic E-state index is 11.9. The van der Waals surface area contributed by atoms with Crippen LogP contribution in [0.5, 0.6) is 0 Å². The van der Waals surface area contributed by atoms with Crippen molar-refractivity contribution in [2.75, 3.05) is 32.8 Å². The Bertz CT molecular complexity index is 432. The molecule has 0 rings (SSSR count).